The van der Waals surface area contributed by atoms with Crippen LogP contribution in [0.15, 0.2) is 23.1 Å². The minimum absolute atomic E-state index is 0.0223. The predicted molar refractivity (Wildman–Crippen MR) is 127 cm³/mol. The zero-order chi connectivity index (χ0) is 21.1. The predicted octanol–water partition coefficient (Wildman–Crippen LogP) is 5.85. The molecule has 4 rings (SSSR count). The Balaban J connectivity index is 1.42. The van der Waals surface area contributed by atoms with E-state index >= 15 is 0 Å². The van der Waals surface area contributed by atoms with Gasteiger partial charge in [-0.3, -0.25) is 4.79 Å². The van der Waals surface area contributed by atoms with E-state index in [2.05, 4.69) is 16.7 Å². The number of aryl methyl sites for hydroxylation is 1. The third-order valence-corrected chi connectivity index (χ3v) is 9.24. The number of benzene rings is 1. The van der Waals surface area contributed by atoms with E-state index in [1.54, 1.807) is 34.9 Å². The fourth-order valence-electron chi connectivity index (χ4n) is 3.77. The lowest BCUT2D eigenvalue weighted by molar-refractivity contribution is -0.115. The molecule has 8 heteroatoms. The molecule has 30 heavy (non-hydrogen) atoms. The van der Waals surface area contributed by atoms with Crippen molar-refractivity contribution in [3.05, 3.63) is 34.2 Å². The molecule has 1 aliphatic carbocycles. The summed E-state index contributed by atoms with van der Waals surface area (Å²) in [6.45, 7) is 4.65. The van der Waals surface area contributed by atoms with Crippen molar-refractivity contribution in [1.82, 2.24) is 0 Å². The van der Waals surface area contributed by atoms with Crippen LogP contribution >= 0.6 is 34.9 Å². The highest BCUT2D eigenvalue weighted by Crippen LogP contribution is 2.46. The first-order valence-electron chi connectivity index (χ1n) is 10.3. The largest absolute Gasteiger partial charge is 0.494 e. The lowest BCUT2D eigenvalue weighted by Crippen LogP contribution is -2.27. The van der Waals surface area contributed by atoms with Gasteiger partial charge in [-0.15, -0.1) is 23.1 Å². The maximum atomic E-state index is 13.0. The minimum atomic E-state index is -0.193. The number of rotatable bonds is 7. The molecule has 2 N–H and O–H groups in total. The maximum Gasteiger partial charge on any atom is 0.238 e. The van der Waals surface area contributed by atoms with Crippen molar-refractivity contribution in [2.24, 2.45) is 0 Å². The molecule has 0 saturated carbocycles. The summed E-state index contributed by atoms with van der Waals surface area (Å²) >= 11 is 4.92. The summed E-state index contributed by atoms with van der Waals surface area (Å²) in [4.78, 5) is 15.4. The summed E-state index contributed by atoms with van der Waals surface area (Å²) in [6.07, 6.45) is 4.97. The first-order chi connectivity index (χ1) is 14.6. The molecule has 0 spiro atoms. The first-order valence-corrected chi connectivity index (χ1v) is 13.0. The SMILES string of the molecule is CCOc1ccc2c(c1)S[C@H](S[C@H](CC)C(=O)Nc1sc3c(c1C#N)CCCC3)N2. The normalized spacial score (nSPS) is 18.0. The van der Waals surface area contributed by atoms with Crippen LogP contribution in [0.4, 0.5) is 10.7 Å². The molecule has 2 aromatic rings. The third kappa shape index (κ3) is 4.43. The average molecular weight is 460 g/mol. The van der Waals surface area contributed by atoms with Gasteiger partial charge in [0, 0.05) is 15.5 Å². The number of thiophene rings is 1. The van der Waals surface area contributed by atoms with Crippen LogP contribution in [0, 0.1) is 11.3 Å². The van der Waals surface area contributed by atoms with Gasteiger partial charge in [0.1, 0.15) is 21.5 Å². The van der Waals surface area contributed by atoms with Crippen LogP contribution in [-0.4, -0.2) is 22.5 Å². The molecule has 0 bridgehead atoms. The van der Waals surface area contributed by atoms with Crippen molar-refractivity contribution in [2.75, 3.05) is 17.2 Å². The number of carbonyl (C=O) groups excluding carboxylic acids is 1. The fraction of sp³-hybridized carbons (Fsp3) is 0.455. The number of hydrogen-bond acceptors (Lipinski definition) is 7. The van der Waals surface area contributed by atoms with Gasteiger partial charge in [0.05, 0.1) is 17.4 Å². The van der Waals surface area contributed by atoms with E-state index in [9.17, 15) is 10.1 Å². The van der Waals surface area contributed by atoms with E-state index in [-0.39, 0.29) is 15.9 Å². The molecule has 0 unspecified atom stereocenters. The summed E-state index contributed by atoms with van der Waals surface area (Å²) < 4.78 is 5.66. The number of nitriles is 1. The molecule has 1 aromatic heterocycles. The van der Waals surface area contributed by atoms with Gasteiger partial charge in [0.15, 0.2) is 0 Å². The first kappa shape index (κ1) is 21.4. The summed E-state index contributed by atoms with van der Waals surface area (Å²) in [7, 11) is 0. The quantitative estimate of drug-likeness (QED) is 0.541. The van der Waals surface area contributed by atoms with E-state index in [1.807, 2.05) is 32.0 Å². The summed E-state index contributed by atoms with van der Waals surface area (Å²) in [5.41, 5.74) is 2.90. The number of amides is 1. The molecule has 0 radical (unpaired) electrons. The smallest absolute Gasteiger partial charge is 0.238 e. The van der Waals surface area contributed by atoms with Crippen LogP contribution in [0.3, 0.4) is 0 Å². The highest BCUT2D eigenvalue weighted by Gasteiger charge is 2.29. The molecule has 0 saturated heterocycles. The van der Waals surface area contributed by atoms with Gasteiger partial charge in [0.2, 0.25) is 5.91 Å². The number of carbonyl (C=O) groups is 1. The number of ether oxygens (including phenoxy) is 1. The molecule has 1 aliphatic heterocycles. The minimum Gasteiger partial charge on any atom is -0.494 e. The van der Waals surface area contributed by atoms with Gasteiger partial charge in [-0.2, -0.15) is 5.26 Å². The molecule has 1 aromatic carbocycles. The molecule has 1 amide bonds. The Hall–Kier alpha value is -1.82. The Morgan fingerprint density at radius 3 is 3.00 bits per heavy atom. The van der Waals surface area contributed by atoms with Crippen molar-refractivity contribution in [2.45, 2.75) is 60.8 Å². The Bertz CT molecular complexity index is 983. The number of nitrogens with zero attached hydrogens (tertiary/aromatic N) is 1. The van der Waals surface area contributed by atoms with Gasteiger partial charge in [-0.25, -0.2) is 0 Å². The second-order valence-corrected chi connectivity index (χ2v) is 11.1. The van der Waals surface area contributed by atoms with Gasteiger partial charge in [0.25, 0.3) is 0 Å². The highest BCUT2D eigenvalue weighted by atomic mass is 32.2. The standard InChI is InChI=1S/C22H25N3O2S3/c1-3-17(29-22-24-16-10-9-13(27-4-2)11-19(16)30-22)20(26)25-21-15(12-23)14-7-5-6-8-18(14)28-21/h9-11,17,22,24H,3-8H2,1-2H3,(H,25,26)/t17-,22+/m1/s1. The molecule has 158 valence electrons. The van der Waals surface area contributed by atoms with E-state index < -0.39 is 0 Å². The summed E-state index contributed by atoms with van der Waals surface area (Å²) in [6, 6.07) is 8.38. The molecular formula is C22H25N3O2S3. The van der Waals surface area contributed by atoms with Gasteiger partial charge in [-0.05, 0) is 62.8 Å². The van der Waals surface area contributed by atoms with Gasteiger partial charge >= 0.3 is 0 Å². The van der Waals surface area contributed by atoms with Crippen LogP contribution in [0.2, 0.25) is 0 Å². The van der Waals surface area contributed by atoms with E-state index in [0.717, 1.165) is 59.0 Å². The van der Waals surface area contributed by atoms with Crippen LogP contribution in [0.5, 0.6) is 5.75 Å². The topological polar surface area (TPSA) is 74.1 Å². The van der Waals surface area contributed by atoms with E-state index in [1.165, 1.54) is 4.88 Å². The van der Waals surface area contributed by atoms with Crippen LogP contribution in [0.25, 0.3) is 0 Å². The molecular weight excluding hydrogens is 434 g/mol. The zero-order valence-electron chi connectivity index (χ0n) is 17.1. The van der Waals surface area contributed by atoms with Crippen molar-refractivity contribution >= 4 is 51.5 Å². The Morgan fingerprint density at radius 1 is 1.40 bits per heavy atom. The van der Waals surface area contributed by atoms with E-state index in [4.69, 9.17) is 4.74 Å². The number of anilines is 2. The Kier molecular flexibility index (Phi) is 6.81. The number of hydrogen-bond donors (Lipinski definition) is 2. The van der Waals surface area contributed by atoms with Crippen LogP contribution in [-0.2, 0) is 17.6 Å². The van der Waals surface area contributed by atoms with Crippen molar-refractivity contribution < 1.29 is 9.53 Å². The highest BCUT2D eigenvalue weighted by molar-refractivity contribution is 8.18. The second-order valence-electron chi connectivity index (χ2n) is 7.23. The summed E-state index contributed by atoms with van der Waals surface area (Å²) in [5.74, 6) is 0.845. The van der Waals surface area contributed by atoms with Gasteiger partial charge in [-0.1, -0.05) is 18.7 Å². The molecule has 2 atom stereocenters. The van der Waals surface area contributed by atoms with Gasteiger partial charge < -0.3 is 15.4 Å². The lowest BCUT2D eigenvalue weighted by Gasteiger charge is -2.18. The summed E-state index contributed by atoms with van der Waals surface area (Å²) in [5, 5.41) is 16.7. The average Bonchev–Trinajstić information content (AvgIpc) is 3.31. The number of thioether (sulfide) groups is 2. The molecule has 2 aliphatic rings. The molecule has 0 fully saturated rings. The Labute approximate surface area is 190 Å². The fourth-order valence-corrected chi connectivity index (χ4v) is 7.67. The molecule has 2 heterocycles. The lowest BCUT2D eigenvalue weighted by atomic mass is 9.96. The van der Waals surface area contributed by atoms with Crippen molar-refractivity contribution in [1.29, 1.82) is 5.26 Å². The number of nitrogens with one attached hydrogen (secondary N) is 2. The zero-order valence-corrected chi connectivity index (χ0v) is 19.6. The maximum absolute atomic E-state index is 13.0. The number of fused-ring (bicyclic) bond motifs is 2. The second kappa shape index (κ2) is 9.54. The van der Waals surface area contributed by atoms with Crippen LogP contribution < -0.4 is 15.4 Å². The monoisotopic (exact) mass is 459 g/mol. The van der Waals surface area contributed by atoms with Crippen molar-refractivity contribution in [3.8, 4) is 11.8 Å². The van der Waals surface area contributed by atoms with E-state index in [0.29, 0.717) is 12.2 Å². The van der Waals surface area contributed by atoms with Crippen LogP contribution in [0.1, 0.15) is 49.1 Å². The van der Waals surface area contributed by atoms with Crippen molar-refractivity contribution in [3.63, 3.8) is 0 Å². The third-order valence-electron chi connectivity index (χ3n) is 5.24. The Morgan fingerprint density at radius 2 is 2.23 bits per heavy atom. The molecule has 5 nitrogen and oxygen atoms in total.